The summed E-state index contributed by atoms with van der Waals surface area (Å²) in [6.07, 6.45) is 1.38. The van der Waals surface area contributed by atoms with Crippen molar-refractivity contribution >= 4 is 15.7 Å². The fourth-order valence-corrected chi connectivity index (χ4v) is 2.42. The molecule has 0 aliphatic heterocycles. The highest BCUT2D eigenvalue weighted by Gasteiger charge is 2.30. The number of nitrogens with one attached hydrogen (secondary N) is 1. The molecule has 0 spiro atoms. The Bertz CT molecular complexity index is 381. The number of carbonyl (C=O) groups is 1. The number of hydrogen-bond acceptors (Lipinski definition) is 4. The zero-order valence-corrected chi connectivity index (χ0v) is 12.9. The van der Waals surface area contributed by atoms with Crippen molar-refractivity contribution < 1.29 is 13.2 Å². The Morgan fingerprint density at radius 2 is 1.72 bits per heavy atom. The lowest BCUT2D eigenvalue weighted by atomic mass is 9.97. The molecule has 3 N–H and O–H groups in total. The number of hydrogen-bond donors (Lipinski definition) is 2. The van der Waals surface area contributed by atoms with Crippen LogP contribution < -0.4 is 11.1 Å². The van der Waals surface area contributed by atoms with E-state index in [1.807, 2.05) is 6.92 Å². The van der Waals surface area contributed by atoms with E-state index in [-0.39, 0.29) is 18.2 Å². The highest BCUT2D eigenvalue weighted by molar-refractivity contribution is 7.92. The van der Waals surface area contributed by atoms with Gasteiger partial charge in [-0.15, -0.1) is 0 Å². The van der Waals surface area contributed by atoms with Gasteiger partial charge in [0.1, 0.15) is 0 Å². The Morgan fingerprint density at radius 1 is 1.22 bits per heavy atom. The molecule has 0 bridgehead atoms. The Labute approximate surface area is 110 Å². The second-order valence-electron chi connectivity index (χ2n) is 5.85. The summed E-state index contributed by atoms with van der Waals surface area (Å²) in [7, 11) is -3.21. The maximum absolute atomic E-state index is 11.8. The molecule has 1 amide bonds. The van der Waals surface area contributed by atoms with Crippen LogP contribution in [0.3, 0.4) is 0 Å². The first-order valence-electron chi connectivity index (χ1n) is 6.23. The van der Waals surface area contributed by atoms with E-state index < -0.39 is 20.1 Å². The first kappa shape index (κ1) is 17.4. The molecule has 0 aliphatic rings. The summed E-state index contributed by atoms with van der Waals surface area (Å²) < 4.78 is 22.9. The third-order valence-corrected chi connectivity index (χ3v) is 5.49. The molecule has 1 atom stereocenters. The third-order valence-electron chi connectivity index (χ3n) is 2.88. The number of sulfone groups is 1. The van der Waals surface area contributed by atoms with Gasteiger partial charge in [-0.3, -0.25) is 4.79 Å². The molecule has 0 radical (unpaired) electrons. The highest BCUT2D eigenvalue weighted by Crippen LogP contribution is 2.15. The van der Waals surface area contributed by atoms with Crippen LogP contribution in [-0.4, -0.2) is 36.9 Å². The van der Waals surface area contributed by atoms with E-state index >= 15 is 0 Å². The van der Waals surface area contributed by atoms with Gasteiger partial charge in [-0.2, -0.15) is 0 Å². The van der Waals surface area contributed by atoms with Crippen LogP contribution in [0.25, 0.3) is 0 Å². The summed E-state index contributed by atoms with van der Waals surface area (Å²) >= 11 is 0. The lowest BCUT2D eigenvalue weighted by molar-refractivity contribution is -0.125. The number of amides is 1. The quantitative estimate of drug-likeness (QED) is 0.753. The zero-order valence-electron chi connectivity index (χ0n) is 12.0. The molecule has 0 rings (SSSR count). The number of rotatable bonds is 6. The molecule has 108 valence electrons. The van der Waals surface area contributed by atoms with Crippen molar-refractivity contribution in [1.82, 2.24) is 5.32 Å². The average molecular weight is 278 g/mol. The molecule has 0 aromatic heterocycles. The monoisotopic (exact) mass is 278 g/mol. The summed E-state index contributed by atoms with van der Waals surface area (Å²) in [5, 5.41) is 2.59. The van der Waals surface area contributed by atoms with E-state index in [9.17, 15) is 13.2 Å². The van der Waals surface area contributed by atoms with Crippen LogP contribution in [0.2, 0.25) is 0 Å². The van der Waals surface area contributed by atoms with Crippen LogP contribution in [-0.2, 0) is 14.6 Å². The minimum atomic E-state index is -3.21. The summed E-state index contributed by atoms with van der Waals surface area (Å²) in [4.78, 5) is 11.8. The van der Waals surface area contributed by atoms with Crippen molar-refractivity contribution in [3.8, 4) is 0 Å². The molecule has 0 aromatic rings. The molecule has 0 aliphatic carbocycles. The SMILES string of the molecule is CCCC(C)(N)C(=O)NCCS(=O)(=O)C(C)(C)C. The summed E-state index contributed by atoms with van der Waals surface area (Å²) in [6.45, 7) is 8.65. The predicted molar refractivity (Wildman–Crippen MR) is 74.0 cm³/mol. The zero-order chi connectivity index (χ0) is 14.6. The second-order valence-corrected chi connectivity index (χ2v) is 8.72. The Kier molecular flexibility index (Phi) is 5.81. The van der Waals surface area contributed by atoms with Crippen molar-refractivity contribution in [2.75, 3.05) is 12.3 Å². The van der Waals surface area contributed by atoms with Gasteiger partial charge in [-0.1, -0.05) is 13.3 Å². The molecule has 0 aromatic carbocycles. The highest BCUT2D eigenvalue weighted by atomic mass is 32.2. The van der Waals surface area contributed by atoms with Gasteiger partial charge in [0.15, 0.2) is 9.84 Å². The van der Waals surface area contributed by atoms with E-state index in [4.69, 9.17) is 5.73 Å². The van der Waals surface area contributed by atoms with Gasteiger partial charge in [0.2, 0.25) is 5.91 Å². The van der Waals surface area contributed by atoms with Gasteiger partial charge in [0.25, 0.3) is 0 Å². The van der Waals surface area contributed by atoms with E-state index in [2.05, 4.69) is 5.32 Å². The van der Waals surface area contributed by atoms with Crippen molar-refractivity contribution in [2.24, 2.45) is 5.73 Å². The van der Waals surface area contributed by atoms with Crippen LogP contribution in [0.5, 0.6) is 0 Å². The molecule has 0 heterocycles. The molecule has 0 saturated heterocycles. The van der Waals surface area contributed by atoms with Crippen LogP contribution in [0.1, 0.15) is 47.5 Å². The van der Waals surface area contributed by atoms with Crippen molar-refractivity contribution in [2.45, 2.75) is 57.7 Å². The van der Waals surface area contributed by atoms with Crippen LogP contribution in [0, 0.1) is 0 Å². The standard InChI is InChI=1S/C12H26N2O3S/c1-6-7-12(5,13)10(15)14-8-9-18(16,17)11(2,3)4/h6-9,13H2,1-5H3,(H,14,15). The maximum Gasteiger partial charge on any atom is 0.239 e. The third kappa shape index (κ3) is 4.94. The largest absolute Gasteiger partial charge is 0.353 e. The van der Waals surface area contributed by atoms with Gasteiger partial charge in [-0.05, 0) is 34.1 Å². The van der Waals surface area contributed by atoms with Crippen LogP contribution in [0.4, 0.5) is 0 Å². The van der Waals surface area contributed by atoms with E-state index in [1.54, 1.807) is 27.7 Å². The van der Waals surface area contributed by atoms with Gasteiger partial charge in [-0.25, -0.2) is 8.42 Å². The fraction of sp³-hybridized carbons (Fsp3) is 0.917. The molecule has 0 fully saturated rings. The first-order chi connectivity index (χ1) is 7.94. The van der Waals surface area contributed by atoms with Crippen molar-refractivity contribution in [3.63, 3.8) is 0 Å². The van der Waals surface area contributed by atoms with Crippen LogP contribution >= 0.6 is 0 Å². The normalized spacial score (nSPS) is 16.1. The van der Waals surface area contributed by atoms with E-state index in [1.165, 1.54) is 0 Å². The van der Waals surface area contributed by atoms with Gasteiger partial charge in [0.05, 0.1) is 16.0 Å². The Hall–Kier alpha value is -0.620. The minimum absolute atomic E-state index is 0.0650. The number of nitrogens with two attached hydrogens (primary N) is 1. The molecule has 6 heteroatoms. The summed E-state index contributed by atoms with van der Waals surface area (Å²) in [5.74, 6) is -0.363. The van der Waals surface area contributed by atoms with Gasteiger partial charge in [0, 0.05) is 6.54 Å². The molecule has 5 nitrogen and oxygen atoms in total. The Balaban J connectivity index is 4.35. The lowest BCUT2D eigenvalue weighted by Crippen LogP contribution is -2.52. The minimum Gasteiger partial charge on any atom is -0.353 e. The molecule has 0 saturated carbocycles. The smallest absolute Gasteiger partial charge is 0.239 e. The molecular weight excluding hydrogens is 252 g/mol. The first-order valence-corrected chi connectivity index (χ1v) is 7.89. The fourth-order valence-electron chi connectivity index (χ4n) is 1.44. The van der Waals surface area contributed by atoms with Crippen molar-refractivity contribution in [3.05, 3.63) is 0 Å². The van der Waals surface area contributed by atoms with Crippen LogP contribution in [0.15, 0.2) is 0 Å². The Morgan fingerprint density at radius 3 is 2.11 bits per heavy atom. The second kappa shape index (κ2) is 6.02. The van der Waals surface area contributed by atoms with Gasteiger partial charge >= 0.3 is 0 Å². The summed E-state index contributed by atoms with van der Waals surface area (Å²) in [6, 6.07) is 0. The predicted octanol–water partition coefficient (Wildman–Crippen LogP) is 0.833. The molecule has 18 heavy (non-hydrogen) atoms. The van der Waals surface area contributed by atoms with E-state index in [0.717, 1.165) is 6.42 Å². The molecule has 1 unspecified atom stereocenters. The van der Waals surface area contributed by atoms with Crippen molar-refractivity contribution in [1.29, 1.82) is 0 Å². The van der Waals surface area contributed by atoms with E-state index in [0.29, 0.717) is 6.42 Å². The lowest BCUT2D eigenvalue weighted by Gasteiger charge is -2.24. The maximum atomic E-state index is 11.8. The molecular formula is C12H26N2O3S. The topological polar surface area (TPSA) is 89.3 Å². The number of carbonyl (C=O) groups excluding carboxylic acids is 1. The van der Waals surface area contributed by atoms with Gasteiger partial charge < -0.3 is 11.1 Å². The summed E-state index contributed by atoms with van der Waals surface area (Å²) in [5.41, 5.74) is 4.91. The average Bonchev–Trinajstić information content (AvgIpc) is 2.15.